The summed E-state index contributed by atoms with van der Waals surface area (Å²) < 4.78 is -1.90. The fourth-order valence-electron chi connectivity index (χ4n) is 3.83. The molecule has 2 fully saturated rings. The maximum Gasteiger partial charge on any atom is 0.240 e. The van der Waals surface area contributed by atoms with E-state index in [1.807, 2.05) is 0 Å². The van der Waals surface area contributed by atoms with Crippen molar-refractivity contribution in [3.8, 4) is 0 Å². The zero-order valence-corrected chi connectivity index (χ0v) is 16.1. The molecule has 1 saturated carbocycles. The highest BCUT2D eigenvalue weighted by Crippen LogP contribution is 2.77. The Balaban J connectivity index is 1.93. The quantitative estimate of drug-likeness (QED) is 0.466. The average molecular weight is 446 g/mol. The number of anilines is 1. The summed E-state index contributed by atoms with van der Waals surface area (Å²) in [5, 5.41) is -0.189. The van der Waals surface area contributed by atoms with Crippen molar-refractivity contribution in [1.82, 2.24) is 0 Å². The largest absolute Gasteiger partial charge is 0.274 e. The molecule has 24 heavy (non-hydrogen) atoms. The lowest BCUT2D eigenvalue weighted by Gasteiger charge is -2.34. The van der Waals surface area contributed by atoms with Gasteiger partial charge in [0.05, 0.1) is 27.6 Å². The molecule has 9 heteroatoms. The topological polar surface area (TPSA) is 37.4 Å². The normalized spacial score (nSPS) is 39.8. The van der Waals surface area contributed by atoms with E-state index in [2.05, 4.69) is 0 Å². The minimum absolute atomic E-state index is 0.0943. The van der Waals surface area contributed by atoms with E-state index in [1.165, 1.54) is 0 Å². The van der Waals surface area contributed by atoms with Gasteiger partial charge in [-0.2, -0.15) is 0 Å². The van der Waals surface area contributed by atoms with E-state index in [-0.39, 0.29) is 10.1 Å². The number of hydrogen-bond acceptors (Lipinski definition) is 2. The van der Waals surface area contributed by atoms with Crippen LogP contribution in [0.1, 0.15) is 0 Å². The number of hydrogen-bond donors (Lipinski definition) is 0. The van der Waals surface area contributed by atoms with Crippen LogP contribution in [-0.2, 0) is 9.59 Å². The van der Waals surface area contributed by atoms with E-state index < -0.39 is 37.7 Å². The molecule has 2 aliphatic carbocycles. The van der Waals surface area contributed by atoms with Gasteiger partial charge in [-0.3, -0.25) is 9.59 Å². The molecule has 1 aromatic carbocycles. The van der Waals surface area contributed by atoms with Crippen LogP contribution in [0.15, 0.2) is 40.4 Å². The Kier molecular flexibility index (Phi) is 3.57. The number of halogens is 6. The lowest BCUT2D eigenvalue weighted by atomic mass is 9.84. The van der Waals surface area contributed by atoms with E-state index in [0.29, 0.717) is 5.69 Å². The van der Waals surface area contributed by atoms with Gasteiger partial charge in [0.15, 0.2) is 4.33 Å². The molecule has 2 unspecified atom stereocenters. The first-order valence-corrected chi connectivity index (χ1v) is 9.13. The van der Waals surface area contributed by atoms with E-state index in [1.54, 1.807) is 30.3 Å². The summed E-state index contributed by atoms with van der Waals surface area (Å²) >= 11 is 38.5. The number of fused-ring (bicyclic) bond motifs is 5. The van der Waals surface area contributed by atoms with Gasteiger partial charge < -0.3 is 0 Å². The number of carbonyl (C=O) groups is 2. The van der Waals surface area contributed by atoms with Crippen LogP contribution >= 0.6 is 69.6 Å². The SMILES string of the molecule is O=C1C2C(C(=O)N1c1ccccc1)[C@@]1(Cl)C(Cl)=C(Cl)[C@]2(Cl)C1(Cl)Cl. The number of imide groups is 1. The molecule has 4 atom stereocenters. The summed E-state index contributed by atoms with van der Waals surface area (Å²) in [5.41, 5.74) is 0.406. The number of benzene rings is 1. The summed E-state index contributed by atoms with van der Waals surface area (Å²) in [7, 11) is 0. The van der Waals surface area contributed by atoms with Gasteiger partial charge in [0.25, 0.3) is 0 Å². The number of allylic oxidation sites excluding steroid dienone is 2. The Morgan fingerprint density at radius 2 is 1.21 bits per heavy atom. The molecule has 2 bridgehead atoms. The monoisotopic (exact) mass is 443 g/mol. The fraction of sp³-hybridized carbons (Fsp3) is 0.333. The maximum atomic E-state index is 13.0. The van der Waals surface area contributed by atoms with Gasteiger partial charge in [-0.15, -0.1) is 23.2 Å². The summed E-state index contributed by atoms with van der Waals surface area (Å²) in [6.45, 7) is 0. The molecule has 1 aromatic rings. The lowest BCUT2D eigenvalue weighted by molar-refractivity contribution is -0.123. The van der Waals surface area contributed by atoms with Crippen molar-refractivity contribution in [2.24, 2.45) is 11.8 Å². The van der Waals surface area contributed by atoms with Gasteiger partial charge in [-0.25, -0.2) is 4.90 Å². The summed E-state index contributed by atoms with van der Waals surface area (Å²) in [5.74, 6) is -3.31. The first-order valence-electron chi connectivity index (χ1n) is 6.86. The summed E-state index contributed by atoms with van der Waals surface area (Å²) in [6, 6.07) is 8.44. The van der Waals surface area contributed by atoms with Crippen LogP contribution in [0.4, 0.5) is 5.69 Å². The Morgan fingerprint density at radius 3 is 1.62 bits per heavy atom. The molecular formula is C15H7Cl6NO2. The van der Waals surface area contributed by atoms with Crippen molar-refractivity contribution >= 4 is 87.1 Å². The van der Waals surface area contributed by atoms with Crippen LogP contribution in [0.3, 0.4) is 0 Å². The number of nitrogens with zero attached hydrogens (tertiary/aromatic N) is 1. The fourth-order valence-corrected chi connectivity index (χ4v) is 6.76. The second kappa shape index (κ2) is 4.97. The van der Waals surface area contributed by atoms with Crippen molar-refractivity contribution < 1.29 is 9.59 Å². The number of rotatable bonds is 1. The molecule has 2 amide bonds. The Labute approximate surface area is 167 Å². The predicted octanol–water partition coefficient (Wildman–Crippen LogP) is 4.64. The molecule has 0 aromatic heterocycles. The van der Waals surface area contributed by atoms with E-state index >= 15 is 0 Å². The third-order valence-corrected chi connectivity index (χ3v) is 9.18. The molecule has 126 valence electrons. The molecule has 0 radical (unpaired) electrons. The molecule has 4 rings (SSSR count). The highest BCUT2D eigenvalue weighted by molar-refractivity contribution is 6.67. The average Bonchev–Trinajstić information content (AvgIpc) is 2.93. The molecular weight excluding hydrogens is 439 g/mol. The molecule has 0 spiro atoms. The second-order valence-corrected chi connectivity index (χ2v) is 9.20. The van der Waals surface area contributed by atoms with Crippen LogP contribution in [-0.4, -0.2) is 25.9 Å². The van der Waals surface area contributed by atoms with Gasteiger partial charge in [0.2, 0.25) is 11.8 Å². The van der Waals surface area contributed by atoms with Crippen molar-refractivity contribution in [3.05, 3.63) is 40.4 Å². The van der Waals surface area contributed by atoms with Crippen LogP contribution in [0.25, 0.3) is 0 Å². The van der Waals surface area contributed by atoms with Gasteiger partial charge in [-0.05, 0) is 12.1 Å². The van der Waals surface area contributed by atoms with E-state index in [0.717, 1.165) is 4.90 Å². The zero-order chi connectivity index (χ0) is 17.7. The smallest absolute Gasteiger partial charge is 0.240 e. The van der Waals surface area contributed by atoms with Gasteiger partial charge in [-0.1, -0.05) is 64.6 Å². The van der Waals surface area contributed by atoms with Gasteiger partial charge in [0.1, 0.15) is 9.75 Å². The number of amides is 2. The number of alkyl halides is 4. The highest BCUT2D eigenvalue weighted by Gasteiger charge is 2.87. The van der Waals surface area contributed by atoms with Crippen molar-refractivity contribution in [3.63, 3.8) is 0 Å². The molecule has 1 heterocycles. The molecule has 0 N–H and O–H groups in total. The minimum Gasteiger partial charge on any atom is -0.274 e. The van der Waals surface area contributed by atoms with Gasteiger partial charge in [0, 0.05) is 0 Å². The highest BCUT2D eigenvalue weighted by atomic mass is 35.5. The standard InChI is InChI=1S/C15H7Cl6NO2/c16-9-10(17)14(19)8-7(13(9,18)15(14,20)21)11(23)22(12(8)24)6-4-2-1-3-5-6/h1-5,7-8H/t7?,8?,13-,14+. The number of para-hydroxylation sites is 1. The minimum atomic E-state index is -1.90. The van der Waals surface area contributed by atoms with Crippen LogP contribution < -0.4 is 4.90 Å². The maximum absolute atomic E-state index is 13.0. The summed E-state index contributed by atoms with van der Waals surface area (Å²) in [4.78, 5) is 23.5. The first-order chi connectivity index (χ1) is 11.1. The second-order valence-electron chi connectivity index (χ2n) is 5.93. The Bertz CT molecular complexity index is 779. The van der Waals surface area contributed by atoms with Crippen molar-refractivity contribution in [1.29, 1.82) is 0 Å². The summed E-state index contributed by atoms with van der Waals surface area (Å²) in [6.07, 6.45) is 0. The predicted molar refractivity (Wildman–Crippen MR) is 96.3 cm³/mol. The molecule has 1 saturated heterocycles. The van der Waals surface area contributed by atoms with Gasteiger partial charge >= 0.3 is 0 Å². The van der Waals surface area contributed by atoms with Crippen LogP contribution in [0.2, 0.25) is 0 Å². The number of carbonyl (C=O) groups excluding carboxylic acids is 2. The Morgan fingerprint density at radius 1 is 0.792 bits per heavy atom. The molecule has 3 nitrogen and oxygen atoms in total. The molecule has 3 aliphatic rings. The van der Waals surface area contributed by atoms with Crippen molar-refractivity contribution in [2.75, 3.05) is 4.90 Å². The zero-order valence-electron chi connectivity index (χ0n) is 11.6. The first kappa shape index (κ1) is 17.3. The molecule has 1 aliphatic heterocycles. The lowest BCUT2D eigenvalue weighted by Crippen LogP contribution is -2.50. The Hall–Kier alpha value is -0.160. The van der Waals surface area contributed by atoms with Crippen LogP contribution in [0, 0.1) is 11.8 Å². The third kappa shape index (κ3) is 1.57. The third-order valence-electron chi connectivity index (χ3n) is 4.92. The van der Waals surface area contributed by atoms with Crippen LogP contribution in [0.5, 0.6) is 0 Å². The van der Waals surface area contributed by atoms with E-state index in [9.17, 15) is 9.59 Å². The van der Waals surface area contributed by atoms with Crippen molar-refractivity contribution in [2.45, 2.75) is 14.1 Å². The van der Waals surface area contributed by atoms with E-state index in [4.69, 9.17) is 69.6 Å².